The van der Waals surface area contributed by atoms with Gasteiger partial charge in [0.2, 0.25) is 0 Å². The van der Waals surface area contributed by atoms with E-state index in [1.54, 1.807) is 6.07 Å². The van der Waals surface area contributed by atoms with Crippen molar-refractivity contribution in [3.05, 3.63) is 45.9 Å². The lowest BCUT2D eigenvalue weighted by Gasteiger charge is -2.11. The highest BCUT2D eigenvalue weighted by molar-refractivity contribution is 9.10. The first-order valence-electron chi connectivity index (χ1n) is 5.84. The topological polar surface area (TPSA) is 22.1 Å². The fourth-order valence-electron chi connectivity index (χ4n) is 1.92. The number of benzene rings is 2. The number of hydrogen-bond acceptors (Lipinski definition) is 3. The molecule has 0 amide bonds. The van der Waals surface area contributed by atoms with E-state index in [-0.39, 0.29) is 5.75 Å². The van der Waals surface area contributed by atoms with Gasteiger partial charge in [-0.1, -0.05) is 23.7 Å². The van der Waals surface area contributed by atoms with Crippen LogP contribution in [0.4, 0.5) is 8.78 Å². The van der Waals surface area contributed by atoms with Gasteiger partial charge in [0.1, 0.15) is 5.01 Å². The number of fused-ring (bicyclic) bond motifs is 1. The van der Waals surface area contributed by atoms with E-state index in [4.69, 9.17) is 11.6 Å². The van der Waals surface area contributed by atoms with E-state index >= 15 is 0 Å². The van der Waals surface area contributed by atoms with Crippen molar-refractivity contribution in [2.75, 3.05) is 0 Å². The average Bonchev–Trinajstić information content (AvgIpc) is 2.84. The van der Waals surface area contributed by atoms with Gasteiger partial charge in [-0.25, -0.2) is 4.98 Å². The van der Waals surface area contributed by atoms with Gasteiger partial charge in [0, 0.05) is 5.02 Å². The van der Waals surface area contributed by atoms with Crippen LogP contribution >= 0.6 is 38.9 Å². The van der Waals surface area contributed by atoms with Gasteiger partial charge in [0.05, 0.1) is 20.3 Å². The molecule has 3 aromatic rings. The second-order valence-corrected chi connectivity index (χ2v) is 6.45. The van der Waals surface area contributed by atoms with E-state index in [0.29, 0.717) is 20.1 Å². The summed E-state index contributed by atoms with van der Waals surface area (Å²) >= 11 is 10.6. The molecule has 0 fully saturated rings. The lowest BCUT2D eigenvalue weighted by Crippen LogP contribution is -2.04. The Morgan fingerprint density at radius 3 is 2.71 bits per heavy atom. The SMILES string of the molecule is FC(F)Oc1c(Br)cc(Cl)cc1-c1nc2ccccc2s1. The summed E-state index contributed by atoms with van der Waals surface area (Å²) in [5.41, 5.74) is 1.24. The molecule has 0 bridgehead atoms. The van der Waals surface area contributed by atoms with Crippen molar-refractivity contribution >= 4 is 49.1 Å². The Morgan fingerprint density at radius 2 is 2.00 bits per heavy atom. The Balaban J connectivity index is 2.20. The molecular formula is C14H7BrClF2NOS. The quantitative estimate of drug-likeness (QED) is 0.549. The zero-order valence-electron chi connectivity index (χ0n) is 10.3. The number of thiazole rings is 1. The summed E-state index contributed by atoms with van der Waals surface area (Å²) in [6.07, 6.45) is 0. The van der Waals surface area contributed by atoms with Gasteiger partial charge in [0.25, 0.3) is 0 Å². The van der Waals surface area contributed by atoms with Crippen LogP contribution in [0.25, 0.3) is 20.8 Å². The zero-order chi connectivity index (χ0) is 15.0. The maximum Gasteiger partial charge on any atom is 0.387 e. The first kappa shape index (κ1) is 14.7. The summed E-state index contributed by atoms with van der Waals surface area (Å²) in [6, 6.07) is 10.6. The Labute approximate surface area is 136 Å². The number of ether oxygens (including phenoxy) is 1. The molecule has 108 valence electrons. The van der Waals surface area contributed by atoms with Crippen LogP contribution in [0.1, 0.15) is 0 Å². The lowest BCUT2D eigenvalue weighted by atomic mass is 10.2. The van der Waals surface area contributed by atoms with Gasteiger partial charge in [-0.15, -0.1) is 11.3 Å². The van der Waals surface area contributed by atoms with Crippen molar-refractivity contribution < 1.29 is 13.5 Å². The number of para-hydroxylation sites is 1. The lowest BCUT2D eigenvalue weighted by molar-refractivity contribution is -0.0499. The van der Waals surface area contributed by atoms with E-state index in [0.717, 1.165) is 10.2 Å². The van der Waals surface area contributed by atoms with Crippen LogP contribution in [-0.2, 0) is 0 Å². The number of halogens is 4. The minimum absolute atomic E-state index is 0.0356. The van der Waals surface area contributed by atoms with E-state index in [1.807, 2.05) is 24.3 Å². The molecule has 0 radical (unpaired) electrons. The first-order chi connectivity index (χ1) is 10.0. The van der Waals surface area contributed by atoms with Gasteiger partial charge in [-0.3, -0.25) is 0 Å². The molecular weight excluding hydrogens is 384 g/mol. The molecule has 7 heteroatoms. The van der Waals surface area contributed by atoms with Gasteiger partial charge in [-0.05, 0) is 40.2 Å². The molecule has 0 aliphatic carbocycles. The fourth-order valence-corrected chi connectivity index (χ4v) is 3.80. The summed E-state index contributed by atoms with van der Waals surface area (Å²) in [5, 5.41) is 0.993. The van der Waals surface area contributed by atoms with Crippen LogP contribution in [0.2, 0.25) is 5.02 Å². The third kappa shape index (κ3) is 3.02. The van der Waals surface area contributed by atoms with Crippen molar-refractivity contribution in [2.24, 2.45) is 0 Å². The van der Waals surface area contributed by atoms with Gasteiger partial charge < -0.3 is 4.74 Å². The molecule has 0 aliphatic heterocycles. The Hall–Kier alpha value is -1.24. The molecule has 2 aromatic carbocycles. The average molecular weight is 391 g/mol. The fraction of sp³-hybridized carbons (Fsp3) is 0.0714. The molecule has 1 aromatic heterocycles. The summed E-state index contributed by atoms with van der Waals surface area (Å²) < 4.78 is 31.2. The number of aromatic nitrogens is 1. The zero-order valence-corrected chi connectivity index (χ0v) is 13.5. The molecule has 3 rings (SSSR count). The molecule has 0 saturated heterocycles. The van der Waals surface area contributed by atoms with Crippen molar-refractivity contribution in [1.82, 2.24) is 4.98 Å². The molecule has 0 unspecified atom stereocenters. The van der Waals surface area contributed by atoms with Crippen LogP contribution in [-0.4, -0.2) is 11.6 Å². The van der Waals surface area contributed by atoms with Crippen LogP contribution in [0.5, 0.6) is 5.75 Å². The predicted molar refractivity (Wildman–Crippen MR) is 84.4 cm³/mol. The number of alkyl halides is 2. The third-order valence-electron chi connectivity index (χ3n) is 2.74. The first-order valence-corrected chi connectivity index (χ1v) is 7.83. The van der Waals surface area contributed by atoms with Crippen LogP contribution < -0.4 is 4.74 Å². The molecule has 0 N–H and O–H groups in total. The van der Waals surface area contributed by atoms with Crippen LogP contribution in [0, 0.1) is 0 Å². The smallest absolute Gasteiger partial charge is 0.387 e. The Bertz CT molecular complexity index is 776. The van der Waals surface area contributed by atoms with E-state index in [1.165, 1.54) is 17.4 Å². The highest BCUT2D eigenvalue weighted by atomic mass is 79.9. The molecule has 0 aliphatic rings. The van der Waals surface area contributed by atoms with Crippen molar-refractivity contribution in [2.45, 2.75) is 6.61 Å². The minimum atomic E-state index is -2.92. The number of nitrogens with zero attached hydrogens (tertiary/aromatic N) is 1. The van der Waals surface area contributed by atoms with Crippen molar-refractivity contribution in [3.63, 3.8) is 0 Å². The molecule has 0 atom stereocenters. The summed E-state index contributed by atoms with van der Waals surface area (Å²) in [6.45, 7) is -2.92. The van der Waals surface area contributed by atoms with Crippen molar-refractivity contribution in [1.29, 1.82) is 0 Å². The Morgan fingerprint density at radius 1 is 1.24 bits per heavy atom. The van der Waals surface area contributed by atoms with Gasteiger partial charge >= 0.3 is 6.61 Å². The third-order valence-corrected chi connectivity index (χ3v) is 4.62. The van der Waals surface area contributed by atoms with E-state index in [2.05, 4.69) is 25.7 Å². The summed E-state index contributed by atoms with van der Waals surface area (Å²) in [7, 11) is 0. The van der Waals surface area contributed by atoms with Crippen molar-refractivity contribution in [3.8, 4) is 16.3 Å². The highest BCUT2D eigenvalue weighted by Crippen LogP contribution is 2.42. The largest absolute Gasteiger partial charge is 0.433 e. The number of rotatable bonds is 3. The molecule has 21 heavy (non-hydrogen) atoms. The monoisotopic (exact) mass is 389 g/mol. The molecule has 2 nitrogen and oxygen atoms in total. The Kier molecular flexibility index (Phi) is 4.10. The van der Waals surface area contributed by atoms with Gasteiger partial charge in [0.15, 0.2) is 5.75 Å². The molecule has 1 heterocycles. The summed E-state index contributed by atoms with van der Waals surface area (Å²) in [5.74, 6) is 0.0356. The van der Waals surface area contributed by atoms with E-state index in [9.17, 15) is 8.78 Å². The standard InChI is InChI=1S/C14H7BrClF2NOS/c15-9-6-7(16)5-8(12(9)20-14(17)18)13-19-10-3-1-2-4-11(10)21-13/h1-6,14H. The second-order valence-electron chi connectivity index (χ2n) is 4.13. The second kappa shape index (κ2) is 5.87. The van der Waals surface area contributed by atoms with E-state index < -0.39 is 6.61 Å². The summed E-state index contributed by atoms with van der Waals surface area (Å²) in [4.78, 5) is 4.45. The maximum absolute atomic E-state index is 12.6. The number of hydrogen-bond donors (Lipinski definition) is 0. The minimum Gasteiger partial charge on any atom is -0.433 e. The normalized spacial score (nSPS) is 11.3. The maximum atomic E-state index is 12.6. The van der Waals surface area contributed by atoms with Crippen LogP contribution in [0.3, 0.4) is 0 Å². The predicted octanol–water partition coefficient (Wildman–Crippen LogP) is 5.98. The molecule has 0 spiro atoms. The highest BCUT2D eigenvalue weighted by Gasteiger charge is 2.18. The van der Waals surface area contributed by atoms with Crippen LogP contribution in [0.15, 0.2) is 40.9 Å². The van der Waals surface area contributed by atoms with Gasteiger partial charge in [-0.2, -0.15) is 8.78 Å². The molecule has 0 saturated carbocycles.